The quantitative estimate of drug-likeness (QED) is 0.204. The third kappa shape index (κ3) is 5.44. The number of hydrogen-bond donors (Lipinski definition) is 0. The highest BCUT2D eigenvalue weighted by atomic mass is 16.1. The molecule has 1 heterocycles. The van der Waals surface area contributed by atoms with Gasteiger partial charge in [-0.05, 0) is 117 Å². The zero-order valence-electron chi connectivity index (χ0n) is 21.9. The average Bonchev–Trinajstić information content (AvgIpc) is 3.46. The molecule has 2 fully saturated rings. The Morgan fingerprint density at radius 3 is 2.27 bits per heavy atom. The van der Waals surface area contributed by atoms with Gasteiger partial charge in [0.05, 0.1) is 5.52 Å². The summed E-state index contributed by atoms with van der Waals surface area (Å²) in [4.78, 5) is 13.1. The van der Waals surface area contributed by atoms with E-state index >= 15 is 0 Å². The summed E-state index contributed by atoms with van der Waals surface area (Å²) >= 11 is 0. The SMILES string of the molecule is O=C(CCC[C@@H]1C[C@H]2CC[C@@H](C1)C2CCCc1ccccc1)c1ccc2ccn(-c3ccccc3)c2c1. The summed E-state index contributed by atoms with van der Waals surface area (Å²) in [6.45, 7) is 0. The molecule has 2 bridgehead atoms. The predicted octanol–water partition coefficient (Wildman–Crippen LogP) is 9.06. The van der Waals surface area contributed by atoms with E-state index in [-0.39, 0.29) is 0 Å². The Hall–Kier alpha value is -3.13. The number of rotatable bonds is 10. The Balaban J connectivity index is 0.999. The van der Waals surface area contributed by atoms with Crippen LogP contribution in [0.4, 0.5) is 0 Å². The average molecular weight is 490 g/mol. The second kappa shape index (κ2) is 11.1. The summed E-state index contributed by atoms with van der Waals surface area (Å²) in [6, 6.07) is 29.7. The highest BCUT2D eigenvalue weighted by molar-refractivity contribution is 5.99. The van der Waals surface area contributed by atoms with Crippen molar-refractivity contribution in [1.29, 1.82) is 0 Å². The predicted molar refractivity (Wildman–Crippen MR) is 153 cm³/mol. The van der Waals surface area contributed by atoms with Gasteiger partial charge in [0.15, 0.2) is 5.78 Å². The second-order valence-electron chi connectivity index (χ2n) is 11.6. The van der Waals surface area contributed by atoms with E-state index < -0.39 is 0 Å². The maximum atomic E-state index is 13.1. The van der Waals surface area contributed by atoms with Crippen LogP contribution >= 0.6 is 0 Å². The molecular formula is C35H39NO. The van der Waals surface area contributed by atoms with E-state index in [2.05, 4.69) is 83.6 Å². The Morgan fingerprint density at radius 2 is 1.51 bits per heavy atom. The largest absolute Gasteiger partial charge is 0.317 e. The molecule has 0 radical (unpaired) electrons. The van der Waals surface area contributed by atoms with Crippen LogP contribution in [0.15, 0.2) is 91.1 Å². The van der Waals surface area contributed by atoms with Gasteiger partial charge in [-0.1, -0.05) is 60.7 Å². The highest BCUT2D eigenvalue weighted by Crippen LogP contribution is 2.51. The van der Waals surface area contributed by atoms with Crippen molar-refractivity contribution < 1.29 is 4.79 Å². The van der Waals surface area contributed by atoms with Crippen molar-refractivity contribution in [3.05, 3.63) is 102 Å². The maximum Gasteiger partial charge on any atom is 0.162 e. The zero-order valence-corrected chi connectivity index (χ0v) is 21.9. The van der Waals surface area contributed by atoms with Crippen molar-refractivity contribution >= 4 is 16.7 Å². The monoisotopic (exact) mass is 489 g/mol. The molecule has 6 rings (SSSR count). The van der Waals surface area contributed by atoms with Gasteiger partial charge >= 0.3 is 0 Å². The molecule has 2 aliphatic rings. The molecule has 0 aliphatic heterocycles. The number of benzene rings is 3. The lowest BCUT2D eigenvalue weighted by Crippen LogP contribution is -2.26. The Kier molecular flexibility index (Phi) is 7.26. The maximum absolute atomic E-state index is 13.1. The summed E-state index contributed by atoms with van der Waals surface area (Å²) in [7, 11) is 0. The van der Waals surface area contributed by atoms with Crippen molar-refractivity contribution in [1.82, 2.24) is 4.57 Å². The number of carbonyl (C=O) groups is 1. The number of aryl methyl sites for hydroxylation is 1. The van der Waals surface area contributed by atoms with E-state index in [9.17, 15) is 4.79 Å². The number of para-hydroxylation sites is 1. The molecule has 3 aromatic carbocycles. The van der Waals surface area contributed by atoms with E-state index in [1.54, 1.807) is 0 Å². The van der Waals surface area contributed by atoms with Crippen molar-refractivity contribution in [3.8, 4) is 5.69 Å². The third-order valence-electron chi connectivity index (χ3n) is 9.30. The first-order valence-electron chi connectivity index (χ1n) is 14.5. The van der Waals surface area contributed by atoms with Gasteiger partial charge in [0.2, 0.25) is 0 Å². The number of nitrogens with zero attached hydrogens (tertiary/aromatic N) is 1. The van der Waals surface area contributed by atoms with Crippen molar-refractivity contribution in [2.24, 2.45) is 23.7 Å². The van der Waals surface area contributed by atoms with Gasteiger partial charge in [-0.2, -0.15) is 0 Å². The smallest absolute Gasteiger partial charge is 0.162 e. The number of hydrogen-bond acceptors (Lipinski definition) is 1. The van der Waals surface area contributed by atoms with E-state index in [1.165, 1.54) is 62.3 Å². The number of ketones is 1. The number of Topliss-reactive ketones (excluding diaryl/α,β-unsaturated/α-hetero) is 1. The van der Waals surface area contributed by atoms with Gasteiger partial charge in [0, 0.05) is 23.9 Å². The first-order valence-corrected chi connectivity index (χ1v) is 14.5. The Labute approximate surface area is 221 Å². The fraction of sp³-hybridized carbons (Fsp3) is 0.400. The van der Waals surface area contributed by atoms with Gasteiger partial charge in [-0.3, -0.25) is 4.79 Å². The zero-order chi connectivity index (χ0) is 25.0. The molecule has 2 aliphatic carbocycles. The van der Waals surface area contributed by atoms with Crippen LogP contribution in [0, 0.1) is 23.7 Å². The molecule has 0 spiro atoms. The van der Waals surface area contributed by atoms with Crippen molar-refractivity contribution in [3.63, 3.8) is 0 Å². The molecule has 0 saturated heterocycles. The molecule has 4 aromatic rings. The number of fused-ring (bicyclic) bond motifs is 3. The van der Waals surface area contributed by atoms with Crippen LogP contribution in [0.3, 0.4) is 0 Å². The highest BCUT2D eigenvalue weighted by Gasteiger charge is 2.41. The molecule has 37 heavy (non-hydrogen) atoms. The van der Waals surface area contributed by atoms with Crippen LogP contribution in [0.25, 0.3) is 16.6 Å². The van der Waals surface area contributed by atoms with Crippen LogP contribution in [0.1, 0.15) is 73.7 Å². The van der Waals surface area contributed by atoms with Gasteiger partial charge in [-0.25, -0.2) is 0 Å². The van der Waals surface area contributed by atoms with E-state index in [1.807, 2.05) is 12.1 Å². The van der Waals surface area contributed by atoms with Crippen molar-refractivity contribution in [2.75, 3.05) is 0 Å². The minimum absolute atomic E-state index is 0.292. The fourth-order valence-corrected chi connectivity index (χ4v) is 7.48. The lowest BCUT2D eigenvalue weighted by molar-refractivity contribution is 0.0971. The molecule has 4 atom stereocenters. The Bertz CT molecular complexity index is 1310. The fourth-order valence-electron chi connectivity index (χ4n) is 7.48. The van der Waals surface area contributed by atoms with E-state index in [0.29, 0.717) is 12.2 Å². The van der Waals surface area contributed by atoms with Crippen LogP contribution in [0.2, 0.25) is 0 Å². The molecular weight excluding hydrogens is 450 g/mol. The standard InChI is InChI=1S/C35H39NO/c37-35(31-20-17-28-21-22-36(34(28)25-31)32-13-5-2-6-14-32)16-8-12-27-23-29-18-19-30(24-27)33(29)15-7-11-26-9-3-1-4-10-26/h1-6,9-10,13-14,17,20-22,25,27,29-30,33H,7-8,11-12,15-16,18-19,23-24H2/t27-,29-,30+,33?. The minimum atomic E-state index is 0.292. The first-order chi connectivity index (χ1) is 18.2. The molecule has 2 nitrogen and oxygen atoms in total. The molecule has 1 unspecified atom stereocenters. The summed E-state index contributed by atoms with van der Waals surface area (Å²) in [5, 5.41) is 1.18. The number of aromatic nitrogens is 1. The summed E-state index contributed by atoms with van der Waals surface area (Å²) < 4.78 is 2.18. The third-order valence-corrected chi connectivity index (χ3v) is 9.30. The molecule has 0 amide bonds. The van der Waals surface area contributed by atoms with E-state index in [4.69, 9.17) is 0 Å². The normalized spacial score (nSPS) is 22.9. The first kappa shape index (κ1) is 24.2. The van der Waals surface area contributed by atoms with Gasteiger partial charge in [-0.15, -0.1) is 0 Å². The number of carbonyl (C=O) groups excluding carboxylic acids is 1. The summed E-state index contributed by atoms with van der Waals surface area (Å²) in [5.74, 6) is 3.94. The Morgan fingerprint density at radius 1 is 0.784 bits per heavy atom. The van der Waals surface area contributed by atoms with Gasteiger partial charge in [0.1, 0.15) is 0 Å². The summed E-state index contributed by atoms with van der Waals surface area (Å²) in [5.41, 5.74) is 4.58. The lowest BCUT2D eigenvalue weighted by Gasteiger charge is -2.35. The van der Waals surface area contributed by atoms with Gasteiger partial charge in [0.25, 0.3) is 0 Å². The second-order valence-corrected chi connectivity index (χ2v) is 11.6. The van der Waals surface area contributed by atoms with Crippen LogP contribution < -0.4 is 0 Å². The van der Waals surface area contributed by atoms with E-state index in [0.717, 1.165) is 46.9 Å². The van der Waals surface area contributed by atoms with Crippen LogP contribution in [0.5, 0.6) is 0 Å². The van der Waals surface area contributed by atoms with Crippen LogP contribution in [-0.2, 0) is 6.42 Å². The summed E-state index contributed by atoms with van der Waals surface area (Å²) in [6.07, 6.45) is 14.7. The lowest BCUT2D eigenvalue weighted by atomic mass is 9.70. The topological polar surface area (TPSA) is 22.0 Å². The molecule has 2 heteroatoms. The molecule has 190 valence electrons. The molecule has 2 saturated carbocycles. The van der Waals surface area contributed by atoms with Crippen LogP contribution in [-0.4, -0.2) is 10.4 Å². The van der Waals surface area contributed by atoms with Gasteiger partial charge < -0.3 is 4.57 Å². The molecule has 0 N–H and O–H groups in total. The minimum Gasteiger partial charge on any atom is -0.317 e. The molecule has 1 aromatic heterocycles. The van der Waals surface area contributed by atoms with Crippen molar-refractivity contribution in [2.45, 2.75) is 64.2 Å².